The van der Waals surface area contributed by atoms with E-state index in [0.717, 1.165) is 4.90 Å². The third-order valence-corrected chi connectivity index (χ3v) is 2.51. The lowest BCUT2D eigenvalue weighted by atomic mass is 10.2. The van der Waals surface area contributed by atoms with E-state index in [9.17, 15) is 9.59 Å². The van der Waals surface area contributed by atoms with Crippen LogP contribution in [0.2, 0.25) is 0 Å². The molecular weight excluding hydrogens is 226 g/mol. The Labute approximate surface area is 97.2 Å². The number of nitrogens with two attached hydrogens (primary N) is 1. The van der Waals surface area contributed by atoms with E-state index in [0.29, 0.717) is 0 Å². The minimum atomic E-state index is -0.645. The first kappa shape index (κ1) is 11.5. The lowest BCUT2D eigenvalue weighted by Gasteiger charge is -2.08. The summed E-state index contributed by atoms with van der Waals surface area (Å²) in [5.74, 6) is -0.271. The number of imide groups is 1. The van der Waals surface area contributed by atoms with Crippen LogP contribution < -0.4 is 11.1 Å². The molecule has 0 aliphatic carbocycles. The van der Waals surface area contributed by atoms with Gasteiger partial charge < -0.3 is 15.5 Å². The van der Waals surface area contributed by atoms with Crippen LogP contribution in [0.15, 0.2) is 4.42 Å². The topological polar surface area (TPSA) is 114 Å². The fourth-order valence-corrected chi connectivity index (χ4v) is 1.49. The van der Waals surface area contributed by atoms with Crippen LogP contribution in [-0.2, 0) is 9.59 Å². The van der Waals surface area contributed by atoms with Crippen molar-refractivity contribution in [2.24, 2.45) is 5.73 Å². The van der Waals surface area contributed by atoms with Crippen molar-refractivity contribution in [3.05, 3.63) is 5.89 Å². The SMILES string of the molecule is CC(N)c1nnc(NC2CC(=O)N(C)C2=O)o1. The van der Waals surface area contributed by atoms with Gasteiger partial charge in [0.25, 0.3) is 5.91 Å². The normalized spacial score (nSPS) is 22.1. The highest BCUT2D eigenvalue weighted by atomic mass is 16.4. The first-order valence-electron chi connectivity index (χ1n) is 5.15. The summed E-state index contributed by atoms with van der Waals surface area (Å²) in [5, 5.41) is 10.1. The van der Waals surface area contributed by atoms with Crippen LogP contribution in [-0.4, -0.2) is 40.0 Å². The van der Waals surface area contributed by atoms with Gasteiger partial charge in [0.1, 0.15) is 6.04 Å². The third-order valence-electron chi connectivity index (χ3n) is 2.51. The van der Waals surface area contributed by atoms with Crippen molar-refractivity contribution < 1.29 is 14.0 Å². The lowest BCUT2D eigenvalue weighted by Crippen LogP contribution is -2.31. The summed E-state index contributed by atoms with van der Waals surface area (Å²) in [4.78, 5) is 23.9. The highest BCUT2D eigenvalue weighted by molar-refractivity contribution is 6.06. The Morgan fingerprint density at radius 3 is 2.71 bits per heavy atom. The fourth-order valence-electron chi connectivity index (χ4n) is 1.49. The average Bonchev–Trinajstić information content (AvgIpc) is 2.82. The zero-order valence-electron chi connectivity index (χ0n) is 9.51. The molecule has 0 saturated carbocycles. The molecule has 1 fully saturated rings. The van der Waals surface area contributed by atoms with E-state index in [-0.39, 0.29) is 36.2 Å². The number of hydrogen-bond acceptors (Lipinski definition) is 7. The number of nitrogens with one attached hydrogen (secondary N) is 1. The number of likely N-dealkylation sites (tertiary alicyclic amines) is 1. The molecule has 1 saturated heterocycles. The van der Waals surface area contributed by atoms with Crippen LogP contribution in [0.3, 0.4) is 0 Å². The third kappa shape index (κ3) is 2.11. The molecule has 1 aliphatic rings. The van der Waals surface area contributed by atoms with Gasteiger partial charge in [0.05, 0.1) is 12.5 Å². The van der Waals surface area contributed by atoms with Crippen molar-refractivity contribution in [2.45, 2.75) is 25.4 Å². The summed E-state index contributed by atoms with van der Waals surface area (Å²) in [6.45, 7) is 1.70. The number of carbonyl (C=O) groups is 2. The molecule has 8 heteroatoms. The molecule has 2 rings (SSSR count). The second-order valence-corrected chi connectivity index (χ2v) is 3.93. The van der Waals surface area contributed by atoms with E-state index in [1.54, 1.807) is 6.92 Å². The van der Waals surface area contributed by atoms with Crippen LogP contribution in [0.5, 0.6) is 0 Å². The van der Waals surface area contributed by atoms with E-state index in [1.165, 1.54) is 7.05 Å². The van der Waals surface area contributed by atoms with Crippen molar-refractivity contribution in [3.63, 3.8) is 0 Å². The van der Waals surface area contributed by atoms with Crippen LogP contribution >= 0.6 is 0 Å². The van der Waals surface area contributed by atoms with Gasteiger partial charge in [0.15, 0.2) is 0 Å². The van der Waals surface area contributed by atoms with E-state index in [1.807, 2.05) is 0 Å². The van der Waals surface area contributed by atoms with E-state index in [4.69, 9.17) is 10.2 Å². The van der Waals surface area contributed by atoms with Gasteiger partial charge in [-0.05, 0) is 6.92 Å². The molecule has 0 radical (unpaired) electrons. The number of rotatable bonds is 3. The Balaban J connectivity index is 2.06. The van der Waals surface area contributed by atoms with Crippen LogP contribution in [0.1, 0.15) is 25.3 Å². The molecule has 1 aliphatic heterocycles. The van der Waals surface area contributed by atoms with E-state index < -0.39 is 6.04 Å². The summed E-state index contributed by atoms with van der Waals surface area (Å²) >= 11 is 0. The minimum absolute atomic E-state index is 0.0885. The minimum Gasteiger partial charge on any atom is -0.406 e. The summed E-state index contributed by atoms with van der Waals surface area (Å²) in [6.07, 6.45) is 0.0885. The molecule has 1 aromatic rings. The Bertz CT molecular complexity index is 455. The molecule has 2 heterocycles. The Morgan fingerprint density at radius 2 is 2.24 bits per heavy atom. The number of hydrogen-bond donors (Lipinski definition) is 2. The van der Waals surface area contributed by atoms with E-state index >= 15 is 0 Å². The molecule has 0 bridgehead atoms. The van der Waals surface area contributed by atoms with Crippen molar-refractivity contribution in [1.82, 2.24) is 15.1 Å². The van der Waals surface area contributed by atoms with Gasteiger partial charge >= 0.3 is 6.01 Å². The highest BCUT2D eigenvalue weighted by Gasteiger charge is 2.36. The first-order valence-corrected chi connectivity index (χ1v) is 5.15. The number of carbonyl (C=O) groups excluding carboxylic acids is 2. The maximum Gasteiger partial charge on any atom is 0.316 e. The Hall–Kier alpha value is -1.96. The molecule has 0 spiro atoms. The van der Waals surface area contributed by atoms with Crippen LogP contribution in [0, 0.1) is 0 Å². The first-order chi connectivity index (χ1) is 7.99. The zero-order valence-corrected chi connectivity index (χ0v) is 9.51. The molecule has 92 valence electrons. The summed E-state index contributed by atoms with van der Waals surface area (Å²) in [5.41, 5.74) is 5.55. The largest absolute Gasteiger partial charge is 0.406 e. The molecule has 3 N–H and O–H groups in total. The Kier molecular flexibility index (Phi) is 2.80. The standard InChI is InChI=1S/C9H13N5O3/c1-4(10)7-12-13-9(17-7)11-5-3-6(15)14(2)8(5)16/h4-5H,3,10H2,1-2H3,(H,11,13). The van der Waals surface area contributed by atoms with Gasteiger partial charge in [-0.2, -0.15) is 0 Å². The van der Waals surface area contributed by atoms with Gasteiger partial charge in [0, 0.05) is 7.05 Å². The quantitative estimate of drug-likeness (QED) is 0.667. The zero-order chi connectivity index (χ0) is 12.6. The lowest BCUT2D eigenvalue weighted by molar-refractivity contribution is -0.136. The average molecular weight is 239 g/mol. The molecule has 8 nitrogen and oxygen atoms in total. The highest BCUT2D eigenvalue weighted by Crippen LogP contribution is 2.17. The molecule has 2 amide bonds. The summed E-state index contributed by atoms with van der Waals surface area (Å²) in [7, 11) is 1.44. The summed E-state index contributed by atoms with van der Waals surface area (Å²) in [6, 6.07) is -0.922. The predicted octanol–water partition coefficient (Wildman–Crippen LogP) is -0.741. The molecule has 0 aromatic carbocycles. The van der Waals surface area contributed by atoms with E-state index in [2.05, 4.69) is 15.5 Å². The number of aromatic nitrogens is 2. The van der Waals surface area contributed by atoms with Gasteiger partial charge in [-0.1, -0.05) is 5.10 Å². The molecule has 1 aromatic heterocycles. The monoisotopic (exact) mass is 239 g/mol. The predicted molar refractivity (Wildman–Crippen MR) is 56.7 cm³/mol. The van der Waals surface area contributed by atoms with Crippen molar-refractivity contribution >= 4 is 17.8 Å². The fraction of sp³-hybridized carbons (Fsp3) is 0.556. The Morgan fingerprint density at radius 1 is 1.53 bits per heavy atom. The molecule has 2 unspecified atom stereocenters. The van der Waals surface area contributed by atoms with Gasteiger partial charge in [-0.25, -0.2) is 0 Å². The van der Waals surface area contributed by atoms with Crippen LogP contribution in [0.4, 0.5) is 6.01 Å². The number of amides is 2. The van der Waals surface area contributed by atoms with Crippen LogP contribution in [0.25, 0.3) is 0 Å². The number of nitrogens with zero attached hydrogens (tertiary/aromatic N) is 3. The van der Waals surface area contributed by atoms with Gasteiger partial charge in [-0.3, -0.25) is 14.5 Å². The second-order valence-electron chi connectivity index (χ2n) is 3.93. The van der Waals surface area contributed by atoms with Crippen molar-refractivity contribution in [2.75, 3.05) is 12.4 Å². The van der Waals surface area contributed by atoms with Crippen molar-refractivity contribution in [3.8, 4) is 0 Å². The second kappa shape index (κ2) is 4.13. The smallest absolute Gasteiger partial charge is 0.316 e. The maximum atomic E-state index is 11.6. The molecular formula is C9H13N5O3. The number of anilines is 1. The van der Waals surface area contributed by atoms with Crippen molar-refractivity contribution in [1.29, 1.82) is 0 Å². The van der Waals surface area contributed by atoms with Gasteiger partial charge in [0.2, 0.25) is 11.8 Å². The molecule has 17 heavy (non-hydrogen) atoms. The molecule has 2 atom stereocenters. The summed E-state index contributed by atoms with van der Waals surface area (Å²) < 4.78 is 5.19. The van der Waals surface area contributed by atoms with Gasteiger partial charge in [-0.15, -0.1) is 5.10 Å². The maximum absolute atomic E-state index is 11.6. The number of likely N-dealkylation sites (N-methyl/N-ethyl adjacent to an activating group) is 1.